The molecule has 6 nitrogen and oxygen atoms in total. The van der Waals surface area contributed by atoms with E-state index in [0.29, 0.717) is 16.6 Å². The van der Waals surface area contributed by atoms with Crippen LogP contribution in [0, 0.1) is 20.8 Å². The third-order valence-electron chi connectivity index (χ3n) is 6.66. The summed E-state index contributed by atoms with van der Waals surface area (Å²) in [7, 11) is 0. The second kappa shape index (κ2) is 14.4. The van der Waals surface area contributed by atoms with Gasteiger partial charge in [-0.25, -0.2) is 4.79 Å². The minimum Gasteiger partial charge on any atom is -0.353 e. The Labute approximate surface area is 230 Å². The zero-order valence-electron chi connectivity index (χ0n) is 22.0. The maximum atomic E-state index is 12.5. The minimum absolute atomic E-state index is 0.114. The van der Waals surface area contributed by atoms with Gasteiger partial charge in [0.1, 0.15) is 0 Å². The number of anilines is 1. The summed E-state index contributed by atoms with van der Waals surface area (Å²) in [5, 5.41) is 10.1. The first kappa shape index (κ1) is 29.0. The number of urea groups is 1. The third kappa shape index (κ3) is 9.69. The Bertz CT molecular complexity index is 1090. The third-order valence-corrected chi connectivity index (χ3v) is 7.40. The summed E-state index contributed by atoms with van der Waals surface area (Å²) in [5.74, 6) is -0.114. The van der Waals surface area contributed by atoms with E-state index in [4.69, 9.17) is 23.2 Å². The fourth-order valence-corrected chi connectivity index (χ4v) is 5.02. The van der Waals surface area contributed by atoms with E-state index in [-0.39, 0.29) is 18.0 Å². The number of hydrogen-bond donors (Lipinski definition) is 3. The molecule has 1 aliphatic heterocycles. The molecule has 0 aromatic heterocycles. The fourth-order valence-electron chi connectivity index (χ4n) is 4.71. The molecule has 0 saturated carbocycles. The summed E-state index contributed by atoms with van der Waals surface area (Å²) < 4.78 is 0. The number of nitrogens with zero attached hydrogens (tertiary/aromatic N) is 1. The molecule has 3 N–H and O–H groups in total. The first-order valence-corrected chi connectivity index (χ1v) is 13.8. The molecule has 3 rings (SSSR count). The number of nitrogens with one attached hydrogen (secondary N) is 3. The van der Waals surface area contributed by atoms with Crippen molar-refractivity contribution in [1.82, 2.24) is 15.5 Å². The topological polar surface area (TPSA) is 73.5 Å². The predicted molar refractivity (Wildman–Crippen MR) is 155 cm³/mol. The van der Waals surface area contributed by atoms with Crippen LogP contribution in [-0.4, -0.2) is 49.1 Å². The average Bonchev–Trinajstić information content (AvgIpc) is 2.85. The van der Waals surface area contributed by atoms with Gasteiger partial charge in [-0.05, 0) is 87.9 Å². The highest BCUT2D eigenvalue weighted by atomic mass is 35.5. The van der Waals surface area contributed by atoms with Gasteiger partial charge in [-0.3, -0.25) is 4.79 Å². The lowest BCUT2D eigenvalue weighted by Gasteiger charge is -2.32. The number of halogens is 2. The molecule has 1 aliphatic rings. The molecular formula is C29H38Cl2N4O2. The molecule has 0 bridgehead atoms. The number of hydrogen-bond acceptors (Lipinski definition) is 3. The van der Waals surface area contributed by atoms with Gasteiger partial charge >= 0.3 is 6.03 Å². The van der Waals surface area contributed by atoms with E-state index < -0.39 is 0 Å². The van der Waals surface area contributed by atoms with Crippen LogP contribution in [-0.2, 0) is 4.79 Å². The first-order valence-electron chi connectivity index (χ1n) is 13.0. The maximum Gasteiger partial charge on any atom is 0.319 e. The quantitative estimate of drug-likeness (QED) is 0.236. The lowest BCUT2D eigenvalue weighted by molar-refractivity contribution is -0.116. The summed E-state index contributed by atoms with van der Waals surface area (Å²) in [6.45, 7) is 9.80. The molecule has 8 heteroatoms. The lowest BCUT2D eigenvalue weighted by atomic mass is 10.0. The molecular weight excluding hydrogens is 507 g/mol. The van der Waals surface area contributed by atoms with Crippen molar-refractivity contribution in [2.24, 2.45) is 0 Å². The van der Waals surface area contributed by atoms with Gasteiger partial charge in [-0.2, -0.15) is 0 Å². The molecule has 37 heavy (non-hydrogen) atoms. The number of carbonyl (C=O) groups is 2. The molecule has 1 fully saturated rings. The van der Waals surface area contributed by atoms with Crippen molar-refractivity contribution in [1.29, 1.82) is 0 Å². The molecule has 2 aromatic carbocycles. The Balaban J connectivity index is 1.25. The van der Waals surface area contributed by atoms with Crippen molar-refractivity contribution in [3.63, 3.8) is 0 Å². The van der Waals surface area contributed by atoms with E-state index in [1.165, 1.54) is 11.6 Å². The maximum absolute atomic E-state index is 12.5. The molecule has 0 spiro atoms. The Kier molecular flexibility index (Phi) is 11.3. The van der Waals surface area contributed by atoms with Gasteiger partial charge in [0, 0.05) is 37.4 Å². The summed E-state index contributed by atoms with van der Waals surface area (Å²) in [6, 6.07) is 9.52. The largest absolute Gasteiger partial charge is 0.353 e. The number of benzene rings is 2. The Morgan fingerprint density at radius 2 is 1.68 bits per heavy atom. The van der Waals surface area contributed by atoms with Gasteiger partial charge in [-0.1, -0.05) is 53.4 Å². The Morgan fingerprint density at radius 1 is 0.973 bits per heavy atom. The van der Waals surface area contributed by atoms with Crippen LogP contribution in [0.1, 0.15) is 54.4 Å². The molecule has 0 radical (unpaired) electrons. The number of rotatable bonds is 10. The van der Waals surface area contributed by atoms with Crippen molar-refractivity contribution < 1.29 is 9.59 Å². The highest BCUT2D eigenvalue weighted by molar-refractivity contribution is 6.42. The summed E-state index contributed by atoms with van der Waals surface area (Å²) >= 11 is 11.9. The smallest absolute Gasteiger partial charge is 0.319 e. The van der Waals surface area contributed by atoms with Crippen LogP contribution in [0.2, 0.25) is 10.0 Å². The SMILES string of the molecule is Cc1cc(C)c(NC(=O)NC2CCN(CCCCCNC(=O)/C=C/c3ccc(Cl)c(Cl)c3)CC2)c(C)c1. The van der Waals surface area contributed by atoms with E-state index in [0.717, 1.165) is 74.1 Å². The van der Waals surface area contributed by atoms with E-state index in [9.17, 15) is 9.59 Å². The molecule has 1 heterocycles. The van der Waals surface area contributed by atoms with E-state index in [1.54, 1.807) is 18.2 Å². The zero-order chi connectivity index (χ0) is 26.8. The normalized spacial score (nSPS) is 14.6. The van der Waals surface area contributed by atoms with E-state index in [2.05, 4.69) is 39.9 Å². The number of unbranched alkanes of at least 4 members (excludes halogenated alkanes) is 2. The summed E-state index contributed by atoms with van der Waals surface area (Å²) in [5.41, 5.74) is 5.11. The molecule has 200 valence electrons. The molecule has 0 aliphatic carbocycles. The Morgan fingerprint density at radius 3 is 2.35 bits per heavy atom. The van der Waals surface area contributed by atoms with Crippen LogP contribution in [0.25, 0.3) is 6.08 Å². The summed E-state index contributed by atoms with van der Waals surface area (Å²) in [4.78, 5) is 27.0. The molecule has 3 amide bonds. The van der Waals surface area contributed by atoms with Crippen LogP contribution < -0.4 is 16.0 Å². The molecule has 2 aromatic rings. The van der Waals surface area contributed by atoms with E-state index in [1.807, 2.05) is 19.9 Å². The highest BCUT2D eigenvalue weighted by Gasteiger charge is 2.20. The van der Waals surface area contributed by atoms with Gasteiger partial charge in [0.25, 0.3) is 0 Å². The zero-order valence-corrected chi connectivity index (χ0v) is 23.5. The fraction of sp³-hybridized carbons (Fsp3) is 0.448. The number of likely N-dealkylation sites (tertiary alicyclic amines) is 1. The van der Waals surface area contributed by atoms with Gasteiger partial charge in [0.2, 0.25) is 5.91 Å². The van der Waals surface area contributed by atoms with Gasteiger partial charge < -0.3 is 20.9 Å². The first-order chi connectivity index (χ1) is 17.7. The Hall–Kier alpha value is -2.54. The van der Waals surface area contributed by atoms with Crippen LogP contribution in [0.5, 0.6) is 0 Å². The molecule has 0 unspecified atom stereocenters. The van der Waals surface area contributed by atoms with Crippen molar-refractivity contribution in [2.45, 2.75) is 58.9 Å². The van der Waals surface area contributed by atoms with Crippen LogP contribution >= 0.6 is 23.2 Å². The standard InChI is InChI=1S/C29H38Cl2N4O2/c1-20-17-21(2)28(22(3)18-20)34-29(37)33-24-11-15-35(16-12-24)14-6-4-5-13-32-27(36)10-8-23-7-9-25(30)26(31)19-23/h7-10,17-19,24H,4-6,11-16H2,1-3H3,(H,32,36)(H2,33,34,37)/b10-8+. The van der Waals surface area contributed by atoms with Gasteiger partial charge in [0.15, 0.2) is 0 Å². The van der Waals surface area contributed by atoms with Crippen molar-refractivity contribution in [3.05, 3.63) is 68.7 Å². The summed E-state index contributed by atoms with van der Waals surface area (Å²) in [6.07, 6.45) is 8.26. The second-order valence-corrected chi connectivity index (χ2v) is 10.7. The molecule has 0 atom stereocenters. The van der Waals surface area contributed by atoms with Crippen molar-refractivity contribution in [2.75, 3.05) is 31.5 Å². The van der Waals surface area contributed by atoms with Crippen molar-refractivity contribution in [3.8, 4) is 0 Å². The average molecular weight is 546 g/mol. The van der Waals surface area contributed by atoms with Crippen LogP contribution in [0.3, 0.4) is 0 Å². The van der Waals surface area contributed by atoms with Gasteiger partial charge in [0.05, 0.1) is 10.0 Å². The molecule has 1 saturated heterocycles. The van der Waals surface area contributed by atoms with Crippen molar-refractivity contribution >= 4 is 46.9 Å². The van der Waals surface area contributed by atoms with Crippen LogP contribution in [0.15, 0.2) is 36.4 Å². The highest BCUT2D eigenvalue weighted by Crippen LogP contribution is 2.23. The van der Waals surface area contributed by atoms with E-state index >= 15 is 0 Å². The number of amides is 3. The van der Waals surface area contributed by atoms with Crippen LogP contribution in [0.4, 0.5) is 10.5 Å². The lowest BCUT2D eigenvalue weighted by Crippen LogP contribution is -2.46. The van der Waals surface area contributed by atoms with Gasteiger partial charge in [-0.15, -0.1) is 0 Å². The minimum atomic E-state index is -0.123. The number of carbonyl (C=O) groups excluding carboxylic acids is 2. The monoisotopic (exact) mass is 544 g/mol. The predicted octanol–water partition coefficient (Wildman–Crippen LogP) is 6.50. The number of aryl methyl sites for hydroxylation is 3. The second-order valence-electron chi connectivity index (χ2n) is 9.85. The number of piperidine rings is 1.